The van der Waals surface area contributed by atoms with Gasteiger partial charge in [-0.05, 0) is 34.2 Å². The van der Waals surface area contributed by atoms with Crippen molar-refractivity contribution in [3.05, 3.63) is 76.7 Å². The van der Waals surface area contributed by atoms with E-state index in [0.29, 0.717) is 11.4 Å². The smallest absolute Gasteiger partial charge is 0.230 e. The molecule has 0 atom stereocenters. The number of nitrogens with one attached hydrogen (secondary N) is 1. The Labute approximate surface area is 169 Å². The van der Waals surface area contributed by atoms with Crippen LogP contribution in [0.25, 0.3) is 0 Å². The molecule has 1 amide bonds. The summed E-state index contributed by atoms with van der Waals surface area (Å²) in [5.41, 5.74) is 2.80. The summed E-state index contributed by atoms with van der Waals surface area (Å²) < 4.78 is 13.7. The Kier molecular flexibility index (Phi) is 5.74. The van der Waals surface area contributed by atoms with Gasteiger partial charge < -0.3 is 5.32 Å². The van der Waals surface area contributed by atoms with Gasteiger partial charge in [-0.25, -0.2) is 4.39 Å². The van der Waals surface area contributed by atoms with Gasteiger partial charge in [-0.3, -0.25) is 4.79 Å². The number of hydrogen-bond donors (Lipinski definition) is 1. The minimum atomic E-state index is -0.580. The molecule has 3 rings (SSSR count). The third-order valence-electron chi connectivity index (χ3n) is 4.47. The fraction of sp³-hybridized carbons (Fsp3) is 0.273. The van der Waals surface area contributed by atoms with Crippen molar-refractivity contribution < 1.29 is 9.18 Å². The molecule has 6 nitrogen and oxygen atoms in total. The molecule has 0 saturated carbocycles. The van der Waals surface area contributed by atoms with E-state index in [-0.39, 0.29) is 29.9 Å². The monoisotopic (exact) mass is 391 g/mol. The number of nitriles is 1. The van der Waals surface area contributed by atoms with Gasteiger partial charge in [0, 0.05) is 0 Å². The molecule has 0 aliphatic carbocycles. The predicted octanol–water partition coefficient (Wildman–Crippen LogP) is 3.82. The summed E-state index contributed by atoms with van der Waals surface area (Å²) in [5.74, 6) is -0.441. The summed E-state index contributed by atoms with van der Waals surface area (Å²) in [4.78, 5) is 13.6. The molecule has 148 valence electrons. The highest BCUT2D eigenvalue weighted by Crippen LogP contribution is 2.22. The van der Waals surface area contributed by atoms with E-state index < -0.39 is 5.82 Å². The van der Waals surface area contributed by atoms with Crippen LogP contribution in [0, 0.1) is 17.1 Å². The van der Waals surface area contributed by atoms with Crippen molar-refractivity contribution in [3.63, 3.8) is 0 Å². The van der Waals surface area contributed by atoms with Gasteiger partial charge in [0.2, 0.25) is 5.91 Å². The molecule has 1 heterocycles. The number of aromatic nitrogens is 3. The van der Waals surface area contributed by atoms with Gasteiger partial charge in [0.25, 0.3) is 0 Å². The van der Waals surface area contributed by atoms with Gasteiger partial charge in [-0.1, -0.05) is 51.1 Å². The van der Waals surface area contributed by atoms with Crippen molar-refractivity contribution in [1.29, 1.82) is 5.26 Å². The Bertz CT molecular complexity index is 1060. The third-order valence-corrected chi connectivity index (χ3v) is 4.47. The summed E-state index contributed by atoms with van der Waals surface area (Å²) >= 11 is 0. The topological polar surface area (TPSA) is 83.6 Å². The van der Waals surface area contributed by atoms with Crippen molar-refractivity contribution in [3.8, 4) is 6.07 Å². The lowest BCUT2D eigenvalue weighted by molar-refractivity contribution is -0.115. The van der Waals surface area contributed by atoms with Crippen LogP contribution in [0.1, 0.15) is 43.0 Å². The Balaban J connectivity index is 1.59. The van der Waals surface area contributed by atoms with Gasteiger partial charge in [0.05, 0.1) is 24.7 Å². The molecule has 0 saturated heterocycles. The van der Waals surface area contributed by atoms with Crippen molar-refractivity contribution in [2.45, 2.75) is 39.2 Å². The first-order chi connectivity index (χ1) is 13.7. The second kappa shape index (κ2) is 8.23. The predicted molar refractivity (Wildman–Crippen MR) is 108 cm³/mol. The summed E-state index contributed by atoms with van der Waals surface area (Å²) in [7, 11) is 0. The Morgan fingerprint density at radius 3 is 2.48 bits per heavy atom. The van der Waals surface area contributed by atoms with E-state index in [9.17, 15) is 9.18 Å². The second-order valence-corrected chi connectivity index (χ2v) is 7.86. The number of benzene rings is 2. The van der Waals surface area contributed by atoms with Gasteiger partial charge in [0.15, 0.2) is 5.82 Å². The van der Waals surface area contributed by atoms with Gasteiger partial charge in [0.1, 0.15) is 11.9 Å². The lowest BCUT2D eigenvalue weighted by Crippen LogP contribution is -2.16. The van der Waals surface area contributed by atoms with E-state index in [1.54, 1.807) is 12.1 Å². The molecule has 1 aromatic heterocycles. The van der Waals surface area contributed by atoms with Crippen LogP contribution in [0.2, 0.25) is 0 Å². The lowest BCUT2D eigenvalue weighted by Gasteiger charge is -2.19. The maximum atomic E-state index is 13.7. The van der Waals surface area contributed by atoms with Crippen molar-refractivity contribution in [2.24, 2.45) is 0 Å². The number of amides is 1. The van der Waals surface area contributed by atoms with Crippen molar-refractivity contribution >= 4 is 11.7 Å². The molecule has 0 unspecified atom stereocenters. The first-order valence-electron chi connectivity index (χ1n) is 9.22. The SMILES string of the molecule is CC(C)(C)c1ccc(CC(=O)Nc2cnn(Cc3ccc(C#N)c(F)c3)n2)cc1. The van der Waals surface area contributed by atoms with Crippen LogP contribution in [0.3, 0.4) is 0 Å². The van der Waals surface area contributed by atoms with E-state index in [2.05, 4.69) is 36.3 Å². The van der Waals surface area contributed by atoms with Crippen LogP contribution >= 0.6 is 0 Å². The van der Waals surface area contributed by atoms with Crippen LogP contribution in [0.4, 0.5) is 10.2 Å². The van der Waals surface area contributed by atoms with Crippen molar-refractivity contribution in [1.82, 2.24) is 15.0 Å². The number of halogens is 1. The van der Waals surface area contributed by atoms with Crippen LogP contribution in [-0.2, 0) is 23.2 Å². The third kappa shape index (κ3) is 5.26. The molecule has 29 heavy (non-hydrogen) atoms. The number of hydrogen-bond acceptors (Lipinski definition) is 4. The zero-order chi connectivity index (χ0) is 21.0. The molecule has 0 aliphatic rings. The first kappa shape index (κ1) is 20.2. The molecule has 0 fully saturated rings. The van der Waals surface area contributed by atoms with Gasteiger partial charge >= 0.3 is 0 Å². The number of nitrogens with zero attached hydrogens (tertiary/aromatic N) is 4. The molecule has 0 aliphatic heterocycles. The number of carbonyl (C=O) groups is 1. The minimum absolute atomic E-state index is 0.00865. The zero-order valence-corrected chi connectivity index (χ0v) is 16.6. The second-order valence-electron chi connectivity index (χ2n) is 7.86. The summed E-state index contributed by atoms with van der Waals surface area (Å²) in [5, 5.41) is 19.8. The van der Waals surface area contributed by atoms with E-state index in [0.717, 1.165) is 5.56 Å². The van der Waals surface area contributed by atoms with Gasteiger partial charge in [-0.15, -0.1) is 5.10 Å². The highest BCUT2D eigenvalue weighted by atomic mass is 19.1. The van der Waals surface area contributed by atoms with E-state index in [1.807, 2.05) is 24.3 Å². The standard InChI is InChI=1S/C22H22FN5O/c1-22(2,3)18-8-5-15(6-9-18)11-21(29)26-20-13-25-28(27-20)14-16-4-7-17(12-24)19(23)10-16/h4-10,13H,11,14H2,1-3H3,(H,26,27,29). The maximum absolute atomic E-state index is 13.7. The minimum Gasteiger partial charge on any atom is -0.308 e. The number of carbonyl (C=O) groups excluding carboxylic acids is 1. The molecule has 1 N–H and O–H groups in total. The largest absolute Gasteiger partial charge is 0.308 e. The van der Waals surface area contributed by atoms with Crippen molar-refractivity contribution in [2.75, 3.05) is 5.32 Å². The fourth-order valence-corrected chi connectivity index (χ4v) is 2.84. The Morgan fingerprint density at radius 2 is 1.86 bits per heavy atom. The highest BCUT2D eigenvalue weighted by molar-refractivity contribution is 5.91. The first-order valence-corrected chi connectivity index (χ1v) is 9.22. The average molecular weight is 391 g/mol. The van der Waals surface area contributed by atoms with Crippen LogP contribution < -0.4 is 5.32 Å². The molecule has 0 radical (unpaired) electrons. The molecule has 2 aromatic carbocycles. The maximum Gasteiger partial charge on any atom is 0.230 e. The van der Waals surface area contributed by atoms with E-state index in [1.165, 1.54) is 28.7 Å². The summed E-state index contributed by atoms with van der Waals surface area (Å²) in [6.45, 7) is 6.66. The molecular weight excluding hydrogens is 369 g/mol. The Hall–Kier alpha value is -3.53. The van der Waals surface area contributed by atoms with Crippen LogP contribution in [0.5, 0.6) is 0 Å². The van der Waals surface area contributed by atoms with Crippen LogP contribution in [-0.4, -0.2) is 20.9 Å². The quantitative estimate of drug-likeness (QED) is 0.717. The fourth-order valence-electron chi connectivity index (χ4n) is 2.84. The lowest BCUT2D eigenvalue weighted by atomic mass is 9.86. The zero-order valence-electron chi connectivity index (χ0n) is 16.6. The normalized spacial score (nSPS) is 11.1. The number of anilines is 1. The highest BCUT2D eigenvalue weighted by Gasteiger charge is 2.14. The number of rotatable bonds is 5. The van der Waals surface area contributed by atoms with Crippen LogP contribution in [0.15, 0.2) is 48.7 Å². The van der Waals surface area contributed by atoms with E-state index in [4.69, 9.17) is 5.26 Å². The molecule has 7 heteroatoms. The molecule has 0 spiro atoms. The average Bonchev–Trinajstić information content (AvgIpc) is 3.08. The summed E-state index contributed by atoms with van der Waals surface area (Å²) in [6.07, 6.45) is 1.68. The molecular formula is C22H22FN5O. The molecule has 3 aromatic rings. The van der Waals surface area contributed by atoms with Gasteiger partial charge in [-0.2, -0.15) is 15.2 Å². The molecule has 0 bridgehead atoms. The van der Waals surface area contributed by atoms with E-state index >= 15 is 0 Å². The summed E-state index contributed by atoms with van der Waals surface area (Å²) in [6, 6.07) is 14.1. The Morgan fingerprint density at radius 1 is 1.17 bits per heavy atom.